The Kier molecular flexibility index (Phi) is 2.62. The minimum atomic E-state index is 1.14. The fourth-order valence-electron chi connectivity index (χ4n) is 1.97. The third kappa shape index (κ3) is 1.90. The lowest BCUT2D eigenvalue weighted by molar-refractivity contribution is -0.835. The van der Waals surface area contributed by atoms with Crippen LogP contribution in [0.4, 0.5) is 5.69 Å². The number of para-hydroxylation sites is 1. The molecule has 0 aliphatic carbocycles. The van der Waals surface area contributed by atoms with E-state index in [1.807, 2.05) is 0 Å². The molecular formula is C11H17N2+. The molecule has 1 aromatic rings. The van der Waals surface area contributed by atoms with Crippen LogP contribution in [0.5, 0.6) is 0 Å². The highest BCUT2D eigenvalue weighted by molar-refractivity contribution is 5.38. The molecule has 2 heteroatoms. The van der Waals surface area contributed by atoms with Gasteiger partial charge in [0.1, 0.15) is 5.69 Å². The van der Waals surface area contributed by atoms with Gasteiger partial charge in [-0.3, -0.25) is 0 Å². The van der Waals surface area contributed by atoms with E-state index in [9.17, 15) is 0 Å². The number of nitrogens with one attached hydrogen (secondary N) is 2. The van der Waals surface area contributed by atoms with Crippen molar-refractivity contribution >= 4 is 5.69 Å². The van der Waals surface area contributed by atoms with Crippen LogP contribution in [0.15, 0.2) is 24.3 Å². The van der Waals surface area contributed by atoms with Crippen LogP contribution in [-0.2, 0) is 0 Å². The van der Waals surface area contributed by atoms with E-state index in [-0.39, 0.29) is 0 Å². The molecule has 0 bridgehead atoms. The zero-order chi connectivity index (χ0) is 9.10. The minimum Gasteiger partial charge on any atom is -0.306 e. The summed E-state index contributed by atoms with van der Waals surface area (Å²) in [6, 6.07) is 8.69. The van der Waals surface area contributed by atoms with Crippen molar-refractivity contribution in [3.63, 3.8) is 0 Å². The zero-order valence-corrected chi connectivity index (χ0v) is 8.14. The molecule has 13 heavy (non-hydrogen) atoms. The first-order chi connectivity index (χ1) is 6.38. The van der Waals surface area contributed by atoms with Crippen molar-refractivity contribution in [2.24, 2.45) is 0 Å². The monoisotopic (exact) mass is 177 g/mol. The summed E-state index contributed by atoms with van der Waals surface area (Å²) >= 11 is 0. The van der Waals surface area contributed by atoms with Gasteiger partial charge in [0.25, 0.3) is 0 Å². The molecule has 1 aliphatic heterocycles. The maximum atomic E-state index is 3.38. The summed E-state index contributed by atoms with van der Waals surface area (Å²) in [5.41, 5.74) is 2.89. The fraction of sp³-hybridized carbons (Fsp3) is 0.455. The summed E-state index contributed by atoms with van der Waals surface area (Å²) in [5, 5.41) is 3.38. The van der Waals surface area contributed by atoms with Gasteiger partial charge in [-0.1, -0.05) is 18.2 Å². The number of piperazine rings is 1. The van der Waals surface area contributed by atoms with Gasteiger partial charge in [-0.2, -0.15) is 0 Å². The lowest BCUT2D eigenvalue weighted by Gasteiger charge is -2.24. The molecule has 70 valence electrons. The van der Waals surface area contributed by atoms with Crippen LogP contribution in [-0.4, -0.2) is 26.2 Å². The summed E-state index contributed by atoms with van der Waals surface area (Å²) in [6.45, 7) is 6.91. The molecule has 0 radical (unpaired) electrons. The van der Waals surface area contributed by atoms with Crippen LogP contribution >= 0.6 is 0 Å². The molecule has 2 rings (SSSR count). The standard InChI is InChI=1S/C11H16N2/c1-10-4-2-3-5-11(10)13-8-6-12-7-9-13/h2-5,12H,6-9H2,1H3/p+1. The predicted octanol–water partition coefficient (Wildman–Crippen LogP) is 0.115. The molecular weight excluding hydrogens is 160 g/mol. The van der Waals surface area contributed by atoms with Crippen molar-refractivity contribution < 1.29 is 4.90 Å². The maximum Gasteiger partial charge on any atom is 0.134 e. The third-order valence-electron chi connectivity index (χ3n) is 2.73. The average Bonchev–Trinajstić information content (AvgIpc) is 2.20. The molecule has 1 heterocycles. The quantitative estimate of drug-likeness (QED) is 0.622. The molecule has 0 saturated carbocycles. The Hall–Kier alpha value is -0.860. The highest BCUT2D eigenvalue weighted by Crippen LogP contribution is 2.07. The van der Waals surface area contributed by atoms with Crippen molar-refractivity contribution in [2.45, 2.75) is 6.92 Å². The number of quaternary nitrogens is 1. The second-order valence-corrected chi connectivity index (χ2v) is 3.67. The Bertz CT molecular complexity index is 277. The molecule has 0 spiro atoms. The second kappa shape index (κ2) is 3.90. The van der Waals surface area contributed by atoms with Gasteiger partial charge < -0.3 is 10.2 Å². The van der Waals surface area contributed by atoms with Crippen LogP contribution in [0.1, 0.15) is 5.56 Å². The fourth-order valence-corrected chi connectivity index (χ4v) is 1.97. The summed E-state index contributed by atoms with van der Waals surface area (Å²) in [6.07, 6.45) is 0. The zero-order valence-electron chi connectivity index (χ0n) is 8.14. The smallest absolute Gasteiger partial charge is 0.134 e. The van der Waals surface area contributed by atoms with E-state index in [1.54, 1.807) is 4.90 Å². The molecule has 0 atom stereocenters. The van der Waals surface area contributed by atoms with E-state index in [1.165, 1.54) is 24.3 Å². The summed E-state index contributed by atoms with van der Waals surface area (Å²) < 4.78 is 0. The van der Waals surface area contributed by atoms with E-state index >= 15 is 0 Å². The molecule has 0 unspecified atom stereocenters. The number of hydrogen-bond acceptors (Lipinski definition) is 1. The highest BCUT2D eigenvalue weighted by Gasteiger charge is 2.16. The lowest BCUT2D eigenvalue weighted by atomic mass is 10.1. The topological polar surface area (TPSA) is 16.5 Å². The number of rotatable bonds is 1. The molecule has 2 N–H and O–H groups in total. The normalized spacial score (nSPS) is 18.8. The second-order valence-electron chi connectivity index (χ2n) is 3.67. The van der Waals surface area contributed by atoms with Gasteiger partial charge in [-0.05, 0) is 13.0 Å². The molecule has 0 aromatic heterocycles. The van der Waals surface area contributed by atoms with Crippen LogP contribution < -0.4 is 10.2 Å². The molecule has 1 saturated heterocycles. The molecule has 2 nitrogen and oxygen atoms in total. The summed E-state index contributed by atoms with van der Waals surface area (Å²) in [7, 11) is 0. The van der Waals surface area contributed by atoms with Crippen molar-refractivity contribution in [1.29, 1.82) is 0 Å². The van der Waals surface area contributed by atoms with Gasteiger partial charge in [0.05, 0.1) is 13.1 Å². The summed E-state index contributed by atoms with van der Waals surface area (Å²) in [4.78, 5) is 1.62. The molecule has 1 aromatic carbocycles. The van der Waals surface area contributed by atoms with Crippen LogP contribution in [0.3, 0.4) is 0 Å². The van der Waals surface area contributed by atoms with E-state index in [0.717, 1.165) is 13.1 Å². The SMILES string of the molecule is Cc1ccccc1[NH+]1CCNCC1. The Morgan fingerprint density at radius 1 is 1.15 bits per heavy atom. The number of hydrogen-bond donors (Lipinski definition) is 2. The summed E-state index contributed by atoms with van der Waals surface area (Å²) in [5.74, 6) is 0. The Balaban J connectivity index is 2.18. The Morgan fingerprint density at radius 2 is 1.85 bits per heavy atom. The molecule has 1 fully saturated rings. The third-order valence-corrected chi connectivity index (χ3v) is 2.73. The van der Waals surface area contributed by atoms with Crippen LogP contribution in [0, 0.1) is 6.92 Å². The van der Waals surface area contributed by atoms with E-state index in [2.05, 4.69) is 36.5 Å². The van der Waals surface area contributed by atoms with Gasteiger partial charge in [-0.15, -0.1) is 0 Å². The number of benzene rings is 1. The highest BCUT2D eigenvalue weighted by atomic mass is 15.2. The van der Waals surface area contributed by atoms with Crippen molar-refractivity contribution in [2.75, 3.05) is 26.2 Å². The Morgan fingerprint density at radius 3 is 2.54 bits per heavy atom. The van der Waals surface area contributed by atoms with Gasteiger partial charge in [0, 0.05) is 18.7 Å². The first kappa shape index (κ1) is 8.73. The minimum absolute atomic E-state index is 1.14. The van der Waals surface area contributed by atoms with E-state index < -0.39 is 0 Å². The average molecular weight is 177 g/mol. The van der Waals surface area contributed by atoms with Gasteiger partial charge in [-0.25, -0.2) is 0 Å². The van der Waals surface area contributed by atoms with E-state index in [0.29, 0.717) is 0 Å². The van der Waals surface area contributed by atoms with Crippen molar-refractivity contribution in [1.82, 2.24) is 5.32 Å². The number of aryl methyl sites for hydroxylation is 1. The van der Waals surface area contributed by atoms with E-state index in [4.69, 9.17) is 0 Å². The maximum absolute atomic E-state index is 3.38. The van der Waals surface area contributed by atoms with Gasteiger partial charge in [0.2, 0.25) is 0 Å². The van der Waals surface area contributed by atoms with Gasteiger partial charge in [0.15, 0.2) is 0 Å². The van der Waals surface area contributed by atoms with Gasteiger partial charge >= 0.3 is 0 Å². The van der Waals surface area contributed by atoms with Crippen LogP contribution in [0.25, 0.3) is 0 Å². The molecule has 1 aliphatic rings. The first-order valence-corrected chi connectivity index (χ1v) is 4.99. The first-order valence-electron chi connectivity index (χ1n) is 4.99. The van der Waals surface area contributed by atoms with Crippen molar-refractivity contribution in [3.05, 3.63) is 29.8 Å². The largest absolute Gasteiger partial charge is 0.306 e. The predicted molar refractivity (Wildman–Crippen MR) is 54.4 cm³/mol. The van der Waals surface area contributed by atoms with Crippen LogP contribution in [0.2, 0.25) is 0 Å². The van der Waals surface area contributed by atoms with Crippen molar-refractivity contribution in [3.8, 4) is 0 Å². The Labute approximate surface area is 79.6 Å². The lowest BCUT2D eigenvalue weighted by Crippen LogP contribution is -3.10. The molecule has 0 amide bonds.